The molecular weight excluding hydrogens is 360 g/mol. The Morgan fingerprint density at radius 1 is 0.929 bits per heavy atom. The Labute approximate surface area is 165 Å². The molecule has 150 valence electrons. The van der Waals surface area contributed by atoms with E-state index in [1.165, 1.54) is 21.3 Å². The maximum atomic E-state index is 12.7. The van der Waals surface area contributed by atoms with Crippen LogP contribution in [0.5, 0.6) is 17.2 Å². The van der Waals surface area contributed by atoms with Gasteiger partial charge in [0, 0.05) is 22.9 Å². The van der Waals surface area contributed by atoms with Crippen molar-refractivity contribution in [3.05, 3.63) is 47.5 Å². The lowest BCUT2D eigenvalue weighted by Gasteiger charge is -2.14. The van der Waals surface area contributed by atoms with Crippen molar-refractivity contribution in [2.75, 3.05) is 26.6 Å². The summed E-state index contributed by atoms with van der Waals surface area (Å²) in [6.45, 7) is 3.94. The molecule has 0 fully saturated rings. The average Bonchev–Trinajstić information content (AvgIpc) is 2.72. The smallest absolute Gasteiger partial charge is 0.255 e. The predicted molar refractivity (Wildman–Crippen MR) is 108 cm³/mol. The van der Waals surface area contributed by atoms with Crippen LogP contribution < -0.4 is 24.8 Å². The second-order valence-electron chi connectivity index (χ2n) is 6.23. The minimum absolute atomic E-state index is 0.0741. The molecule has 2 rings (SSSR count). The SMILES string of the molecule is CCC(C)NC(=O)c1cccc(NC(=O)c2cc(OC)c(OC)c(OC)c2)c1. The van der Waals surface area contributed by atoms with E-state index >= 15 is 0 Å². The highest BCUT2D eigenvalue weighted by Crippen LogP contribution is 2.38. The number of methoxy groups -OCH3 is 3. The summed E-state index contributed by atoms with van der Waals surface area (Å²) in [5, 5.41) is 5.69. The van der Waals surface area contributed by atoms with E-state index in [-0.39, 0.29) is 17.9 Å². The van der Waals surface area contributed by atoms with Gasteiger partial charge in [-0.1, -0.05) is 13.0 Å². The van der Waals surface area contributed by atoms with E-state index in [1.807, 2.05) is 13.8 Å². The third-order valence-corrected chi connectivity index (χ3v) is 4.30. The topological polar surface area (TPSA) is 85.9 Å². The molecule has 2 aromatic carbocycles. The molecule has 7 nitrogen and oxygen atoms in total. The van der Waals surface area contributed by atoms with E-state index in [1.54, 1.807) is 36.4 Å². The fourth-order valence-electron chi connectivity index (χ4n) is 2.56. The number of hydrogen-bond acceptors (Lipinski definition) is 5. The van der Waals surface area contributed by atoms with Crippen LogP contribution in [0.25, 0.3) is 0 Å². The van der Waals surface area contributed by atoms with Crippen molar-refractivity contribution in [1.29, 1.82) is 0 Å². The summed E-state index contributed by atoms with van der Waals surface area (Å²) in [7, 11) is 4.47. The van der Waals surface area contributed by atoms with Crippen molar-refractivity contribution in [2.45, 2.75) is 26.3 Å². The van der Waals surface area contributed by atoms with Crippen molar-refractivity contribution in [3.8, 4) is 17.2 Å². The Kier molecular flexibility index (Phi) is 7.26. The van der Waals surface area contributed by atoms with Crippen LogP contribution in [0.3, 0.4) is 0 Å². The van der Waals surface area contributed by atoms with Gasteiger partial charge in [-0.25, -0.2) is 0 Å². The molecular formula is C21H26N2O5. The van der Waals surface area contributed by atoms with E-state index < -0.39 is 0 Å². The van der Waals surface area contributed by atoms with Crippen LogP contribution in [-0.2, 0) is 0 Å². The van der Waals surface area contributed by atoms with Crippen LogP contribution >= 0.6 is 0 Å². The van der Waals surface area contributed by atoms with Crippen molar-refractivity contribution in [2.24, 2.45) is 0 Å². The van der Waals surface area contributed by atoms with Crippen LogP contribution in [0.2, 0.25) is 0 Å². The average molecular weight is 386 g/mol. The number of ether oxygens (including phenoxy) is 3. The van der Waals surface area contributed by atoms with Crippen LogP contribution in [-0.4, -0.2) is 39.2 Å². The van der Waals surface area contributed by atoms with Gasteiger partial charge in [-0.3, -0.25) is 9.59 Å². The molecule has 1 unspecified atom stereocenters. The summed E-state index contributed by atoms with van der Waals surface area (Å²) in [4.78, 5) is 25.0. The van der Waals surface area contributed by atoms with Crippen molar-refractivity contribution in [3.63, 3.8) is 0 Å². The summed E-state index contributed by atoms with van der Waals surface area (Å²) in [5.74, 6) is 0.629. The first-order valence-corrected chi connectivity index (χ1v) is 8.95. The molecule has 0 aliphatic heterocycles. The molecule has 0 aliphatic carbocycles. The molecule has 0 radical (unpaired) electrons. The van der Waals surface area contributed by atoms with Crippen LogP contribution in [0.1, 0.15) is 41.0 Å². The summed E-state index contributed by atoms with van der Waals surface area (Å²) >= 11 is 0. The molecule has 0 saturated heterocycles. The largest absolute Gasteiger partial charge is 0.493 e. The highest BCUT2D eigenvalue weighted by Gasteiger charge is 2.17. The molecule has 2 aromatic rings. The van der Waals surface area contributed by atoms with E-state index in [0.717, 1.165) is 6.42 Å². The fourth-order valence-corrected chi connectivity index (χ4v) is 2.56. The van der Waals surface area contributed by atoms with Crippen molar-refractivity contribution in [1.82, 2.24) is 5.32 Å². The molecule has 0 aromatic heterocycles. The summed E-state index contributed by atoms with van der Waals surface area (Å²) in [6.07, 6.45) is 0.837. The van der Waals surface area contributed by atoms with Gasteiger partial charge < -0.3 is 24.8 Å². The van der Waals surface area contributed by atoms with Gasteiger partial charge in [-0.15, -0.1) is 0 Å². The molecule has 0 bridgehead atoms. The van der Waals surface area contributed by atoms with Gasteiger partial charge in [-0.2, -0.15) is 0 Å². The van der Waals surface area contributed by atoms with E-state index in [9.17, 15) is 9.59 Å². The van der Waals surface area contributed by atoms with E-state index in [0.29, 0.717) is 34.1 Å². The van der Waals surface area contributed by atoms with Gasteiger partial charge in [0.1, 0.15) is 0 Å². The number of amides is 2. The Hall–Kier alpha value is -3.22. The van der Waals surface area contributed by atoms with Gasteiger partial charge in [0.15, 0.2) is 11.5 Å². The summed E-state index contributed by atoms with van der Waals surface area (Å²) in [6, 6.07) is 9.98. The molecule has 0 heterocycles. The third-order valence-electron chi connectivity index (χ3n) is 4.30. The van der Waals surface area contributed by atoms with Gasteiger partial charge in [0.05, 0.1) is 21.3 Å². The van der Waals surface area contributed by atoms with Gasteiger partial charge >= 0.3 is 0 Å². The molecule has 1 atom stereocenters. The maximum Gasteiger partial charge on any atom is 0.255 e. The molecule has 0 saturated carbocycles. The highest BCUT2D eigenvalue weighted by atomic mass is 16.5. The first-order valence-electron chi connectivity index (χ1n) is 8.95. The monoisotopic (exact) mass is 386 g/mol. The summed E-state index contributed by atoms with van der Waals surface area (Å²) in [5.41, 5.74) is 1.32. The Morgan fingerprint density at radius 3 is 2.11 bits per heavy atom. The third kappa shape index (κ3) is 4.94. The molecule has 7 heteroatoms. The number of benzene rings is 2. The Bertz CT molecular complexity index is 825. The Morgan fingerprint density at radius 2 is 1.57 bits per heavy atom. The lowest BCUT2D eigenvalue weighted by molar-refractivity contribution is 0.0938. The lowest BCUT2D eigenvalue weighted by atomic mass is 10.1. The summed E-state index contributed by atoms with van der Waals surface area (Å²) < 4.78 is 15.8. The van der Waals surface area contributed by atoms with E-state index in [2.05, 4.69) is 10.6 Å². The first kappa shape index (κ1) is 21.1. The highest BCUT2D eigenvalue weighted by molar-refractivity contribution is 6.06. The van der Waals surface area contributed by atoms with Crippen LogP contribution in [0, 0.1) is 0 Å². The molecule has 0 aliphatic rings. The zero-order valence-corrected chi connectivity index (χ0v) is 16.8. The van der Waals surface area contributed by atoms with Crippen molar-refractivity contribution < 1.29 is 23.8 Å². The second kappa shape index (κ2) is 9.64. The number of hydrogen-bond donors (Lipinski definition) is 2. The number of carbonyl (C=O) groups is 2. The van der Waals surface area contributed by atoms with Gasteiger partial charge in [0.25, 0.3) is 11.8 Å². The molecule has 2 amide bonds. The minimum atomic E-state index is -0.362. The molecule has 28 heavy (non-hydrogen) atoms. The maximum absolute atomic E-state index is 12.7. The fraction of sp³-hybridized carbons (Fsp3) is 0.333. The number of rotatable bonds is 8. The van der Waals surface area contributed by atoms with Gasteiger partial charge in [0.2, 0.25) is 5.75 Å². The van der Waals surface area contributed by atoms with Crippen LogP contribution in [0.15, 0.2) is 36.4 Å². The zero-order valence-electron chi connectivity index (χ0n) is 16.8. The Balaban J connectivity index is 2.23. The zero-order chi connectivity index (χ0) is 20.7. The molecule has 0 spiro atoms. The first-order chi connectivity index (χ1) is 13.4. The van der Waals surface area contributed by atoms with Gasteiger partial charge in [-0.05, 0) is 43.7 Å². The van der Waals surface area contributed by atoms with E-state index in [4.69, 9.17) is 14.2 Å². The number of carbonyl (C=O) groups excluding carboxylic acids is 2. The number of nitrogens with one attached hydrogen (secondary N) is 2. The molecule has 2 N–H and O–H groups in total. The quantitative estimate of drug-likeness (QED) is 0.725. The minimum Gasteiger partial charge on any atom is -0.493 e. The van der Waals surface area contributed by atoms with Crippen molar-refractivity contribution >= 4 is 17.5 Å². The standard InChI is InChI=1S/C21H26N2O5/c1-6-13(2)22-20(24)14-8-7-9-16(10-14)23-21(25)15-11-17(26-3)19(28-5)18(12-15)27-4/h7-13H,6H2,1-5H3,(H,22,24)(H,23,25). The predicted octanol–water partition coefficient (Wildman–Crippen LogP) is 3.49. The van der Waals surface area contributed by atoms with Crippen LogP contribution in [0.4, 0.5) is 5.69 Å². The second-order valence-corrected chi connectivity index (χ2v) is 6.23. The lowest BCUT2D eigenvalue weighted by Crippen LogP contribution is -2.31. The normalized spacial score (nSPS) is 11.3. The number of anilines is 1.